The topological polar surface area (TPSA) is 65.7 Å². The van der Waals surface area contributed by atoms with Gasteiger partial charge in [-0.15, -0.1) is 0 Å². The molecule has 5 rings (SSSR count). The van der Waals surface area contributed by atoms with Gasteiger partial charge in [0.05, 0.1) is 10.9 Å². The summed E-state index contributed by atoms with van der Waals surface area (Å²) in [6.07, 6.45) is 2.19. The number of benzene rings is 4. The normalized spacial score (nSPS) is 10.8. The quantitative estimate of drug-likeness (QED) is 0.200. The lowest BCUT2D eigenvalue weighted by molar-refractivity contribution is 0.0735. The maximum absolute atomic E-state index is 12.9. The Balaban J connectivity index is 1.32. The van der Waals surface area contributed by atoms with Gasteiger partial charge in [0, 0.05) is 6.07 Å². The van der Waals surface area contributed by atoms with Crippen molar-refractivity contribution in [3.8, 4) is 28.4 Å². The molecule has 0 spiro atoms. The van der Waals surface area contributed by atoms with Gasteiger partial charge in [0.25, 0.3) is 0 Å². The van der Waals surface area contributed by atoms with Crippen LogP contribution in [-0.2, 0) is 6.42 Å². The van der Waals surface area contributed by atoms with Crippen LogP contribution in [0.2, 0.25) is 0 Å². The van der Waals surface area contributed by atoms with Crippen LogP contribution in [0.1, 0.15) is 22.8 Å². The highest BCUT2D eigenvalue weighted by atomic mass is 16.5. The van der Waals surface area contributed by atoms with Crippen LogP contribution in [0, 0.1) is 0 Å². The third-order valence-electron chi connectivity index (χ3n) is 5.71. The van der Waals surface area contributed by atoms with Crippen molar-refractivity contribution in [1.82, 2.24) is 0 Å². The molecule has 35 heavy (non-hydrogen) atoms. The highest BCUT2D eigenvalue weighted by Crippen LogP contribution is 2.25. The fraction of sp³-hybridized carbons (Fsp3) is 0.0667. The first kappa shape index (κ1) is 22.2. The lowest BCUT2D eigenvalue weighted by Crippen LogP contribution is -2.09. The van der Waals surface area contributed by atoms with Crippen LogP contribution < -0.4 is 14.9 Å². The minimum Gasteiger partial charge on any atom is -0.460 e. The maximum Gasteiger partial charge on any atom is 0.343 e. The van der Waals surface area contributed by atoms with E-state index in [1.54, 1.807) is 24.3 Å². The van der Waals surface area contributed by atoms with Crippen molar-refractivity contribution in [2.24, 2.45) is 0 Å². The average molecular weight is 463 g/mol. The van der Waals surface area contributed by atoms with Crippen LogP contribution >= 0.6 is 0 Å². The van der Waals surface area contributed by atoms with Crippen LogP contribution in [0.15, 0.2) is 113 Å². The first-order valence-electron chi connectivity index (χ1n) is 11.3. The molecular weight excluding hydrogens is 440 g/mol. The molecule has 0 unspecified atom stereocenters. The van der Waals surface area contributed by atoms with Crippen molar-refractivity contribution in [2.45, 2.75) is 13.3 Å². The van der Waals surface area contributed by atoms with E-state index in [0.29, 0.717) is 22.3 Å². The molecule has 0 fully saturated rings. The highest BCUT2D eigenvalue weighted by Gasteiger charge is 2.13. The van der Waals surface area contributed by atoms with Crippen LogP contribution in [0.5, 0.6) is 17.2 Å². The van der Waals surface area contributed by atoms with E-state index < -0.39 is 5.97 Å². The molecule has 4 aromatic carbocycles. The molecular formula is C30H22O5. The fourth-order valence-electron chi connectivity index (χ4n) is 3.74. The number of hydrogen-bond acceptors (Lipinski definition) is 5. The van der Waals surface area contributed by atoms with Gasteiger partial charge in [-0.3, -0.25) is 4.79 Å². The predicted molar refractivity (Wildman–Crippen MR) is 135 cm³/mol. The van der Waals surface area contributed by atoms with Crippen molar-refractivity contribution in [3.05, 3.63) is 125 Å². The molecule has 5 heteroatoms. The van der Waals surface area contributed by atoms with Gasteiger partial charge < -0.3 is 13.9 Å². The molecule has 0 saturated heterocycles. The van der Waals surface area contributed by atoms with E-state index >= 15 is 0 Å². The molecule has 0 radical (unpaired) electrons. The smallest absolute Gasteiger partial charge is 0.343 e. The van der Waals surface area contributed by atoms with E-state index in [9.17, 15) is 9.59 Å². The summed E-state index contributed by atoms with van der Waals surface area (Å²) < 4.78 is 16.8. The molecule has 0 bridgehead atoms. The number of carbonyl (C=O) groups is 1. The number of rotatable bonds is 6. The number of aryl methyl sites for hydroxylation is 1. The molecule has 0 amide bonds. The monoisotopic (exact) mass is 462 g/mol. The van der Waals surface area contributed by atoms with E-state index in [1.165, 1.54) is 17.9 Å². The second kappa shape index (κ2) is 9.69. The molecule has 0 atom stereocenters. The molecule has 5 nitrogen and oxygen atoms in total. The highest BCUT2D eigenvalue weighted by molar-refractivity contribution is 5.92. The van der Waals surface area contributed by atoms with E-state index in [1.807, 2.05) is 66.7 Å². The minimum atomic E-state index is -0.498. The molecule has 0 N–H and O–H groups in total. The number of fused-ring (bicyclic) bond motifs is 1. The van der Waals surface area contributed by atoms with Gasteiger partial charge in [0.1, 0.15) is 23.3 Å². The van der Waals surface area contributed by atoms with E-state index in [0.717, 1.165) is 17.5 Å². The van der Waals surface area contributed by atoms with Crippen molar-refractivity contribution in [1.29, 1.82) is 0 Å². The van der Waals surface area contributed by atoms with Gasteiger partial charge in [-0.2, -0.15) is 0 Å². The summed E-state index contributed by atoms with van der Waals surface area (Å²) in [5.74, 6) is 0.422. The fourth-order valence-corrected chi connectivity index (χ4v) is 3.74. The lowest BCUT2D eigenvalue weighted by Gasteiger charge is -2.08. The number of hydrogen-bond donors (Lipinski definition) is 0. The van der Waals surface area contributed by atoms with Crippen molar-refractivity contribution in [2.75, 3.05) is 0 Å². The minimum absolute atomic E-state index is 0.0880. The van der Waals surface area contributed by atoms with E-state index in [4.69, 9.17) is 13.9 Å². The van der Waals surface area contributed by atoms with Crippen LogP contribution in [0.3, 0.4) is 0 Å². The third-order valence-corrected chi connectivity index (χ3v) is 5.71. The number of ether oxygens (including phenoxy) is 2. The molecule has 1 heterocycles. The van der Waals surface area contributed by atoms with Crippen molar-refractivity contribution >= 4 is 16.9 Å². The molecule has 5 aromatic rings. The summed E-state index contributed by atoms with van der Waals surface area (Å²) in [4.78, 5) is 25.5. The second-order valence-electron chi connectivity index (χ2n) is 8.02. The van der Waals surface area contributed by atoms with Crippen molar-refractivity contribution < 1.29 is 18.7 Å². The molecule has 0 saturated carbocycles. The summed E-state index contributed by atoms with van der Waals surface area (Å²) in [5, 5.41) is 0.333. The lowest BCUT2D eigenvalue weighted by atomic mass is 10.0. The van der Waals surface area contributed by atoms with Crippen molar-refractivity contribution in [3.63, 3.8) is 0 Å². The van der Waals surface area contributed by atoms with Gasteiger partial charge >= 0.3 is 5.97 Å². The summed E-state index contributed by atoms with van der Waals surface area (Å²) in [6.45, 7) is 2.07. The molecule has 0 aliphatic heterocycles. The molecule has 0 aliphatic carbocycles. The predicted octanol–water partition coefficient (Wildman–Crippen LogP) is 7.03. The zero-order valence-electron chi connectivity index (χ0n) is 19.1. The first-order chi connectivity index (χ1) is 17.1. The maximum atomic E-state index is 12.9. The van der Waals surface area contributed by atoms with Crippen LogP contribution in [0.4, 0.5) is 0 Å². The summed E-state index contributed by atoms with van der Waals surface area (Å²) in [6, 6.07) is 29.3. The Bertz CT molecular complexity index is 1530. The Morgan fingerprint density at radius 3 is 2.20 bits per heavy atom. The standard InChI is InChI=1S/C30H22O5/c1-2-20-8-14-24(15-9-20)34-28-19-33-27-18-25(16-17-26(27)29(28)31)35-30(32)23-12-10-22(11-13-23)21-6-4-3-5-7-21/h3-19H,2H2,1H3. The van der Waals surface area contributed by atoms with Gasteiger partial charge in [0.2, 0.25) is 11.2 Å². The van der Waals surface area contributed by atoms with Gasteiger partial charge in [0.15, 0.2) is 0 Å². The Hall–Kier alpha value is -4.64. The van der Waals surface area contributed by atoms with Crippen LogP contribution in [0.25, 0.3) is 22.1 Å². The summed E-state index contributed by atoms with van der Waals surface area (Å²) in [7, 11) is 0. The van der Waals surface area contributed by atoms with Gasteiger partial charge in [-0.25, -0.2) is 4.79 Å². The zero-order chi connectivity index (χ0) is 24.2. The third kappa shape index (κ3) is 4.84. The number of esters is 1. The van der Waals surface area contributed by atoms with E-state index in [-0.39, 0.29) is 16.9 Å². The SMILES string of the molecule is CCc1ccc(Oc2coc3cc(OC(=O)c4ccc(-c5ccccc5)cc4)ccc3c2=O)cc1. The average Bonchev–Trinajstić information content (AvgIpc) is 2.91. The largest absolute Gasteiger partial charge is 0.460 e. The second-order valence-corrected chi connectivity index (χ2v) is 8.02. The Kier molecular flexibility index (Phi) is 6.14. The molecule has 0 aliphatic rings. The Labute approximate surface area is 202 Å². The van der Waals surface area contributed by atoms with Gasteiger partial charge in [-0.05, 0) is 59.5 Å². The Morgan fingerprint density at radius 2 is 1.49 bits per heavy atom. The molecule has 172 valence electrons. The van der Waals surface area contributed by atoms with Crippen LogP contribution in [-0.4, -0.2) is 5.97 Å². The molecule has 1 aromatic heterocycles. The summed E-state index contributed by atoms with van der Waals surface area (Å²) >= 11 is 0. The van der Waals surface area contributed by atoms with E-state index in [2.05, 4.69) is 6.92 Å². The van der Waals surface area contributed by atoms with Gasteiger partial charge in [-0.1, -0.05) is 61.5 Å². The zero-order valence-corrected chi connectivity index (χ0v) is 19.1. The first-order valence-corrected chi connectivity index (χ1v) is 11.3. The number of carbonyl (C=O) groups excluding carboxylic acids is 1. The summed E-state index contributed by atoms with van der Waals surface area (Å²) in [5.41, 5.74) is 3.67. The Morgan fingerprint density at radius 1 is 0.800 bits per heavy atom.